The maximum atomic E-state index is 13.4. The third-order valence-corrected chi connectivity index (χ3v) is 4.28. The van der Waals surface area contributed by atoms with Gasteiger partial charge in [-0.1, -0.05) is 29.0 Å². The van der Waals surface area contributed by atoms with Crippen molar-refractivity contribution in [1.29, 1.82) is 0 Å². The highest BCUT2D eigenvalue weighted by Crippen LogP contribution is 2.26. The van der Waals surface area contributed by atoms with Gasteiger partial charge in [-0.25, -0.2) is 4.39 Å². The van der Waals surface area contributed by atoms with E-state index in [1.165, 1.54) is 29.2 Å². The predicted molar refractivity (Wildman–Crippen MR) is 70.7 cm³/mol. The average molecular weight is 290 g/mol. The van der Waals surface area contributed by atoms with Crippen molar-refractivity contribution in [2.75, 3.05) is 5.73 Å². The zero-order valence-corrected chi connectivity index (χ0v) is 11.1. The van der Waals surface area contributed by atoms with E-state index in [1.54, 1.807) is 12.1 Å². The molecule has 0 bridgehead atoms. The molecule has 0 amide bonds. The standard InChI is InChI=1S/C10H9ClFN3S2/c11-7-2-1-3-8(12)6(7)4-16-5-9-14-15-10(13)17-9/h1-3H,4-5H2,(H2,13,15). The molecule has 0 saturated heterocycles. The zero-order valence-electron chi connectivity index (χ0n) is 8.69. The number of thioether (sulfide) groups is 1. The summed E-state index contributed by atoms with van der Waals surface area (Å²) in [6.45, 7) is 0. The number of nitrogen functional groups attached to an aromatic ring is 1. The summed E-state index contributed by atoms with van der Waals surface area (Å²) in [6, 6.07) is 4.69. The molecule has 0 unspecified atom stereocenters. The molecule has 0 spiro atoms. The van der Waals surface area contributed by atoms with E-state index >= 15 is 0 Å². The molecule has 17 heavy (non-hydrogen) atoms. The summed E-state index contributed by atoms with van der Waals surface area (Å²) in [7, 11) is 0. The van der Waals surface area contributed by atoms with E-state index in [0.29, 0.717) is 27.2 Å². The summed E-state index contributed by atoms with van der Waals surface area (Å²) >= 11 is 8.78. The molecular weight excluding hydrogens is 281 g/mol. The highest BCUT2D eigenvalue weighted by molar-refractivity contribution is 7.97. The fourth-order valence-corrected chi connectivity index (χ4v) is 3.27. The molecule has 0 aliphatic carbocycles. The molecule has 90 valence electrons. The zero-order chi connectivity index (χ0) is 12.3. The van der Waals surface area contributed by atoms with Crippen molar-refractivity contribution in [3.05, 3.63) is 39.6 Å². The third kappa shape index (κ3) is 3.31. The lowest BCUT2D eigenvalue weighted by Gasteiger charge is -2.04. The van der Waals surface area contributed by atoms with E-state index in [4.69, 9.17) is 17.3 Å². The molecule has 2 N–H and O–H groups in total. The fourth-order valence-electron chi connectivity index (χ4n) is 1.24. The molecule has 7 heteroatoms. The molecule has 0 atom stereocenters. The van der Waals surface area contributed by atoms with Gasteiger partial charge in [-0.15, -0.1) is 22.0 Å². The van der Waals surface area contributed by atoms with Crippen LogP contribution < -0.4 is 5.73 Å². The Morgan fingerprint density at radius 1 is 1.35 bits per heavy atom. The highest BCUT2D eigenvalue weighted by atomic mass is 35.5. The molecule has 3 nitrogen and oxygen atoms in total. The smallest absolute Gasteiger partial charge is 0.203 e. The van der Waals surface area contributed by atoms with Crippen LogP contribution in [0.1, 0.15) is 10.6 Å². The number of hydrogen-bond acceptors (Lipinski definition) is 5. The van der Waals surface area contributed by atoms with Crippen LogP contribution >= 0.6 is 34.7 Å². The minimum Gasteiger partial charge on any atom is -0.374 e. The van der Waals surface area contributed by atoms with Gasteiger partial charge in [0.1, 0.15) is 10.8 Å². The van der Waals surface area contributed by atoms with Crippen LogP contribution in [0.5, 0.6) is 0 Å². The number of hydrogen-bond donors (Lipinski definition) is 1. The van der Waals surface area contributed by atoms with Gasteiger partial charge in [0.05, 0.1) is 0 Å². The second kappa shape index (κ2) is 5.66. The average Bonchev–Trinajstić information content (AvgIpc) is 2.69. The van der Waals surface area contributed by atoms with E-state index in [-0.39, 0.29) is 5.82 Å². The summed E-state index contributed by atoms with van der Waals surface area (Å²) in [5.41, 5.74) is 5.99. The number of nitrogens with zero attached hydrogens (tertiary/aromatic N) is 2. The lowest BCUT2D eigenvalue weighted by atomic mass is 10.2. The summed E-state index contributed by atoms with van der Waals surface area (Å²) in [5.74, 6) is 0.881. The van der Waals surface area contributed by atoms with Crippen LogP contribution in [-0.2, 0) is 11.5 Å². The number of nitrogens with two attached hydrogens (primary N) is 1. The number of rotatable bonds is 4. The number of halogens is 2. The minimum absolute atomic E-state index is 0.276. The van der Waals surface area contributed by atoms with Gasteiger partial charge in [0.2, 0.25) is 5.13 Å². The summed E-state index contributed by atoms with van der Waals surface area (Å²) in [6.07, 6.45) is 0. The van der Waals surface area contributed by atoms with Gasteiger partial charge in [0.25, 0.3) is 0 Å². The maximum absolute atomic E-state index is 13.4. The van der Waals surface area contributed by atoms with Crippen LogP contribution in [-0.4, -0.2) is 10.2 Å². The van der Waals surface area contributed by atoms with Crippen LogP contribution in [0.15, 0.2) is 18.2 Å². The van der Waals surface area contributed by atoms with Crippen LogP contribution in [0.4, 0.5) is 9.52 Å². The fraction of sp³-hybridized carbons (Fsp3) is 0.200. The Morgan fingerprint density at radius 3 is 2.82 bits per heavy atom. The first-order valence-electron chi connectivity index (χ1n) is 4.75. The summed E-state index contributed by atoms with van der Waals surface area (Å²) in [5, 5.41) is 9.33. The topological polar surface area (TPSA) is 51.8 Å². The molecule has 0 saturated carbocycles. The second-order valence-corrected chi connectivity index (χ2v) is 5.71. The molecule has 0 aliphatic heterocycles. The molecule has 1 aromatic carbocycles. The molecule has 1 heterocycles. The van der Waals surface area contributed by atoms with Gasteiger partial charge >= 0.3 is 0 Å². The molecule has 0 aliphatic rings. The summed E-state index contributed by atoms with van der Waals surface area (Å²) in [4.78, 5) is 0. The quantitative estimate of drug-likeness (QED) is 0.938. The maximum Gasteiger partial charge on any atom is 0.203 e. The van der Waals surface area contributed by atoms with Crippen molar-refractivity contribution in [2.45, 2.75) is 11.5 Å². The highest BCUT2D eigenvalue weighted by Gasteiger charge is 2.08. The molecular formula is C10H9ClFN3S2. The van der Waals surface area contributed by atoms with Crippen molar-refractivity contribution in [1.82, 2.24) is 10.2 Å². The summed E-state index contributed by atoms with van der Waals surface area (Å²) < 4.78 is 13.4. The first kappa shape index (κ1) is 12.6. The number of benzene rings is 1. The normalized spacial score (nSPS) is 10.7. The second-order valence-electron chi connectivity index (χ2n) is 3.23. The van der Waals surface area contributed by atoms with Gasteiger partial charge in [0, 0.05) is 22.1 Å². The molecule has 0 fully saturated rings. The van der Waals surface area contributed by atoms with E-state index in [1.807, 2.05) is 0 Å². The molecule has 2 rings (SSSR count). The van der Waals surface area contributed by atoms with Crippen LogP contribution in [0.25, 0.3) is 0 Å². The predicted octanol–water partition coefficient (Wildman–Crippen LogP) is 3.35. The van der Waals surface area contributed by atoms with E-state index in [2.05, 4.69) is 10.2 Å². The van der Waals surface area contributed by atoms with Crippen molar-refractivity contribution in [2.24, 2.45) is 0 Å². The first-order chi connectivity index (χ1) is 8.16. The lowest BCUT2D eigenvalue weighted by Crippen LogP contribution is -1.89. The number of anilines is 1. The third-order valence-electron chi connectivity index (χ3n) is 2.02. The van der Waals surface area contributed by atoms with Gasteiger partial charge in [-0.3, -0.25) is 0 Å². The van der Waals surface area contributed by atoms with Gasteiger partial charge in [0.15, 0.2) is 0 Å². The number of aromatic nitrogens is 2. The largest absolute Gasteiger partial charge is 0.374 e. The van der Waals surface area contributed by atoms with Gasteiger partial charge < -0.3 is 5.73 Å². The first-order valence-corrected chi connectivity index (χ1v) is 7.10. The minimum atomic E-state index is -0.276. The SMILES string of the molecule is Nc1nnc(CSCc2c(F)cccc2Cl)s1. The molecule has 0 radical (unpaired) electrons. The molecule has 1 aromatic heterocycles. The van der Waals surface area contributed by atoms with Crippen molar-refractivity contribution < 1.29 is 4.39 Å². The van der Waals surface area contributed by atoms with Crippen LogP contribution in [0, 0.1) is 5.82 Å². The Balaban J connectivity index is 1.94. The van der Waals surface area contributed by atoms with E-state index < -0.39 is 0 Å². The van der Waals surface area contributed by atoms with Crippen molar-refractivity contribution in [3.63, 3.8) is 0 Å². The Hall–Kier alpha value is -0.850. The molecule has 2 aromatic rings. The Morgan fingerprint density at radius 2 is 2.18 bits per heavy atom. The Kier molecular flexibility index (Phi) is 4.20. The van der Waals surface area contributed by atoms with E-state index in [0.717, 1.165) is 5.01 Å². The monoisotopic (exact) mass is 289 g/mol. The Labute approximate surface area is 111 Å². The van der Waals surface area contributed by atoms with Crippen molar-refractivity contribution in [3.8, 4) is 0 Å². The lowest BCUT2D eigenvalue weighted by molar-refractivity contribution is 0.617. The van der Waals surface area contributed by atoms with Crippen LogP contribution in [0.2, 0.25) is 5.02 Å². The Bertz CT molecular complexity index is 498. The van der Waals surface area contributed by atoms with Crippen LogP contribution in [0.3, 0.4) is 0 Å². The van der Waals surface area contributed by atoms with Gasteiger partial charge in [-0.2, -0.15) is 0 Å². The van der Waals surface area contributed by atoms with Gasteiger partial charge in [-0.05, 0) is 12.1 Å². The van der Waals surface area contributed by atoms with Crippen molar-refractivity contribution >= 4 is 39.8 Å². The van der Waals surface area contributed by atoms with E-state index in [9.17, 15) is 4.39 Å².